The monoisotopic (exact) mass is 329 g/mol. The fraction of sp³-hybridized carbons (Fsp3) is 0.273. The van der Waals surface area contributed by atoms with Crippen LogP contribution in [0.1, 0.15) is 13.3 Å². The van der Waals surface area contributed by atoms with E-state index in [0.29, 0.717) is 5.95 Å². The lowest BCUT2D eigenvalue weighted by Crippen LogP contribution is -2.04. The maximum absolute atomic E-state index is 4.49. The van der Waals surface area contributed by atoms with Crippen LogP contribution < -0.4 is 5.32 Å². The second-order valence-corrected chi connectivity index (χ2v) is 6.40. The summed E-state index contributed by atoms with van der Waals surface area (Å²) in [6, 6.07) is 4.13. The molecule has 2 aromatic rings. The summed E-state index contributed by atoms with van der Waals surface area (Å²) < 4.78 is 2.16. The molecular formula is C11H12BrN3S2. The van der Waals surface area contributed by atoms with Crippen LogP contribution in [0.3, 0.4) is 0 Å². The third-order valence-electron chi connectivity index (χ3n) is 1.94. The van der Waals surface area contributed by atoms with Crippen LogP contribution in [0.2, 0.25) is 0 Å². The summed E-state index contributed by atoms with van der Waals surface area (Å²) in [6.07, 6.45) is 2.85. The van der Waals surface area contributed by atoms with Gasteiger partial charge in [-0.15, -0.1) is 11.3 Å². The van der Waals surface area contributed by atoms with Gasteiger partial charge in [-0.1, -0.05) is 24.8 Å². The van der Waals surface area contributed by atoms with Gasteiger partial charge in [-0.3, -0.25) is 0 Å². The fourth-order valence-corrected chi connectivity index (χ4v) is 3.26. The first-order valence-electron chi connectivity index (χ1n) is 5.27. The second-order valence-electron chi connectivity index (χ2n) is 3.31. The first-order chi connectivity index (χ1) is 8.29. The highest BCUT2D eigenvalue weighted by molar-refractivity contribution is 9.10. The highest BCUT2D eigenvalue weighted by Crippen LogP contribution is 2.34. The molecule has 90 valence electrons. The normalized spacial score (nSPS) is 10.5. The van der Waals surface area contributed by atoms with Crippen molar-refractivity contribution in [2.75, 3.05) is 11.9 Å². The molecule has 0 aliphatic rings. The number of thiophene rings is 1. The first kappa shape index (κ1) is 12.9. The average molecular weight is 330 g/mol. The maximum atomic E-state index is 4.49. The third-order valence-corrected chi connectivity index (χ3v) is 4.82. The van der Waals surface area contributed by atoms with Crippen molar-refractivity contribution >= 4 is 45.0 Å². The van der Waals surface area contributed by atoms with Crippen LogP contribution in [0.4, 0.5) is 5.95 Å². The Kier molecular flexibility index (Phi) is 4.82. The number of anilines is 1. The molecule has 0 radical (unpaired) electrons. The van der Waals surface area contributed by atoms with Gasteiger partial charge in [-0.25, -0.2) is 9.97 Å². The summed E-state index contributed by atoms with van der Waals surface area (Å²) in [7, 11) is 0. The lowest BCUT2D eigenvalue weighted by atomic mass is 10.5. The topological polar surface area (TPSA) is 37.8 Å². The molecule has 0 unspecified atom stereocenters. The van der Waals surface area contributed by atoms with E-state index in [-0.39, 0.29) is 0 Å². The van der Waals surface area contributed by atoms with Gasteiger partial charge in [-0.2, -0.15) is 0 Å². The lowest BCUT2D eigenvalue weighted by Gasteiger charge is -2.06. The number of rotatable bonds is 5. The van der Waals surface area contributed by atoms with E-state index in [4.69, 9.17) is 0 Å². The second kappa shape index (κ2) is 6.37. The molecule has 0 bridgehead atoms. The van der Waals surface area contributed by atoms with E-state index >= 15 is 0 Å². The van der Waals surface area contributed by atoms with Crippen molar-refractivity contribution in [2.45, 2.75) is 22.6 Å². The Morgan fingerprint density at radius 3 is 3.12 bits per heavy atom. The molecule has 0 saturated heterocycles. The van der Waals surface area contributed by atoms with Gasteiger partial charge >= 0.3 is 0 Å². The van der Waals surface area contributed by atoms with E-state index in [1.165, 1.54) is 4.21 Å². The van der Waals surface area contributed by atoms with E-state index < -0.39 is 0 Å². The summed E-state index contributed by atoms with van der Waals surface area (Å²) in [5, 5.41) is 6.20. The summed E-state index contributed by atoms with van der Waals surface area (Å²) in [5.74, 6) is 0.689. The molecule has 0 aliphatic heterocycles. The Morgan fingerprint density at radius 1 is 1.53 bits per heavy atom. The summed E-state index contributed by atoms with van der Waals surface area (Å²) in [6.45, 7) is 3.01. The molecule has 2 heterocycles. The minimum Gasteiger partial charge on any atom is -0.354 e. The molecule has 6 heteroatoms. The molecule has 0 amide bonds. The van der Waals surface area contributed by atoms with Crippen LogP contribution in [0.25, 0.3) is 0 Å². The van der Waals surface area contributed by atoms with E-state index in [1.54, 1.807) is 29.3 Å². The Labute approximate surface area is 117 Å². The number of nitrogens with one attached hydrogen (secondary N) is 1. The fourth-order valence-electron chi connectivity index (χ4n) is 1.16. The van der Waals surface area contributed by atoms with Crippen LogP contribution in [-0.2, 0) is 0 Å². The van der Waals surface area contributed by atoms with Crippen molar-refractivity contribution in [1.29, 1.82) is 0 Å². The van der Waals surface area contributed by atoms with Crippen molar-refractivity contribution in [3.05, 3.63) is 28.2 Å². The number of halogens is 1. The van der Waals surface area contributed by atoms with Gasteiger partial charge < -0.3 is 5.32 Å². The molecule has 0 spiro atoms. The number of hydrogen-bond donors (Lipinski definition) is 1. The van der Waals surface area contributed by atoms with E-state index in [9.17, 15) is 0 Å². The minimum absolute atomic E-state index is 0.689. The zero-order chi connectivity index (χ0) is 12.1. The van der Waals surface area contributed by atoms with Gasteiger partial charge in [0.25, 0.3) is 0 Å². The molecule has 2 rings (SSSR count). The minimum atomic E-state index is 0.689. The predicted octanol–water partition coefficient (Wildman–Crippen LogP) is 4.27. The molecule has 0 atom stereocenters. The molecule has 2 aromatic heterocycles. The van der Waals surface area contributed by atoms with Crippen molar-refractivity contribution in [3.63, 3.8) is 0 Å². The lowest BCUT2D eigenvalue weighted by molar-refractivity contribution is 0.930. The summed E-state index contributed by atoms with van der Waals surface area (Å²) in [5.41, 5.74) is 0. The van der Waals surface area contributed by atoms with E-state index in [2.05, 4.69) is 49.6 Å². The van der Waals surface area contributed by atoms with Gasteiger partial charge in [0.2, 0.25) is 5.95 Å². The number of aromatic nitrogens is 2. The van der Waals surface area contributed by atoms with Crippen molar-refractivity contribution in [1.82, 2.24) is 9.97 Å². The quantitative estimate of drug-likeness (QED) is 0.831. The summed E-state index contributed by atoms with van der Waals surface area (Å²) >= 11 is 6.84. The SMILES string of the molecule is CCCNc1ncc(Br)c(Sc2cccs2)n1. The highest BCUT2D eigenvalue weighted by Gasteiger charge is 2.07. The Morgan fingerprint density at radius 2 is 2.41 bits per heavy atom. The molecule has 0 fully saturated rings. The predicted molar refractivity (Wildman–Crippen MR) is 77.0 cm³/mol. The van der Waals surface area contributed by atoms with Crippen molar-refractivity contribution in [2.24, 2.45) is 0 Å². The summed E-state index contributed by atoms with van der Waals surface area (Å²) in [4.78, 5) is 8.71. The molecule has 0 aliphatic carbocycles. The Hall–Kier alpha value is -0.590. The average Bonchev–Trinajstić information content (AvgIpc) is 2.83. The molecular weight excluding hydrogens is 318 g/mol. The van der Waals surface area contributed by atoms with E-state index in [0.717, 1.165) is 22.5 Å². The number of nitrogens with zero attached hydrogens (tertiary/aromatic N) is 2. The van der Waals surface area contributed by atoms with Crippen LogP contribution in [0, 0.1) is 0 Å². The van der Waals surface area contributed by atoms with Gasteiger partial charge in [0.05, 0.1) is 8.68 Å². The van der Waals surface area contributed by atoms with E-state index in [1.807, 2.05) is 6.07 Å². The van der Waals surface area contributed by atoms with Crippen molar-refractivity contribution < 1.29 is 0 Å². The van der Waals surface area contributed by atoms with Crippen molar-refractivity contribution in [3.8, 4) is 0 Å². The molecule has 3 nitrogen and oxygen atoms in total. The zero-order valence-corrected chi connectivity index (χ0v) is 12.5. The van der Waals surface area contributed by atoms with Gasteiger partial charge in [-0.05, 0) is 33.8 Å². The Balaban J connectivity index is 2.14. The third kappa shape index (κ3) is 3.69. The largest absolute Gasteiger partial charge is 0.354 e. The van der Waals surface area contributed by atoms with Crippen LogP contribution >= 0.6 is 39.0 Å². The highest BCUT2D eigenvalue weighted by atomic mass is 79.9. The molecule has 0 aromatic carbocycles. The van der Waals surface area contributed by atoms with Gasteiger partial charge in [0.1, 0.15) is 5.03 Å². The van der Waals surface area contributed by atoms with Gasteiger partial charge in [0.15, 0.2) is 0 Å². The van der Waals surface area contributed by atoms with Crippen LogP contribution in [0.15, 0.2) is 37.4 Å². The Bertz CT molecular complexity index is 474. The first-order valence-corrected chi connectivity index (χ1v) is 7.76. The van der Waals surface area contributed by atoms with Gasteiger partial charge in [0, 0.05) is 12.7 Å². The molecule has 1 N–H and O–H groups in total. The zero-order valence-electron chi connectivity index (χ0n) is 9.31. The standard InChI is InChI=1S/C11H12BrN3S2/c1-2-5-13-11-14-7-8(12)10(15-11)17-9-4-3-6-16-9/h3-4,6-7H,2,5H2,1H3,(H,13,14,15). The van der Waals surface area contributed by atoms with Crippen LogP contribution in [-0.4, -0.2) is 16.5 Å². The number of hydrogen-bond acceptors (Lipinski definition) is 5. The molecule has 17 heavy (non-hydrogen) atoms. The smallest absolute Gasteiger partial charge is 0.223 e. The molecule has 0 saturated carbocycles. The van der Waals surface area contributed by atoms with Crippen LogP contribution in [0.5, 0.6) is 0 Å². The maximum Gasteiger partial charge on any atom is 0.223 e.